The van der Waals surface area contributed by atoms with Gasteiger partial charge in [0.1, 0.15) is 5.69 Å². The lowest BCUT2D eigenvalue weighted by atomic mass is 10.1. The summed E-state index contributed by atoms with van der Waals surface area (Å²) in [5.41, 5.74) is 2.33. The van der Waals surface area contributed by atoms with Crippen molar-refractivity contribution in [3.8, 4) is 0 Å². The molecular weight excluding hydrogens is 306 g/mol. The van der Waals surface area contributed by atoms with Crippen molar-refractivity contribution in [2.24, 2.45) is 0 Å². The van der Waals surface area contributed by atoms with Crippen LogP contribution in [0.3, 0.4) is 0 Å². The van der Waals surface area contributed by atoms with E-state index in [0.717, 1.165) is 16.3 Å². The number of hydrogen-bond donors (Lipinski definition) is 0. The van der Waals surface area contributed by atoms with Crippen molar-refractivity contribution in [3.05, 3.63) is 64.0 Å². The number of aromatic nitrogens is 3. The molecular formula is C14H10BrN3O. The first-order chi connectivity index (χ1) is 9.26. The van der Waals surface area contributed by atoms with Crippen LogP contribution in [0.15, 0.2) is 46.9 Å². The Bertz CT molecular complexity index is 734. The number of pyridine rings is 1. The van der Waals surface area contributed by atoms with Gasteiger partial charge in [-0.15, -0.1) is 0 Å². The molecule has 4 nitrogen and oxygen atoms in total. The molecule has 0 N–H and O–H groups in total. The average Bonchev–Trinajstić information content (AvgIpc) is 2.83. The summed E-state index contributed by atoms with van der Waals surface area (Å²) in [7, 11) is 0. The lowest BCUT2D eigenvalue weighted by Gasteiger charge is -1.97. The largest absolute Gasteiger partial charge is 0.296 e. The molecule has 0 aliphatic heterocycles. The minimum absolute atomic E-state index is 0.507. The molecule has 0 aliphatic carbocycles. The van der Waals surface area contributed by atoms with Gasteiger partial charge in [0.15, 0.2) is 17.8 Å². The molecule has 0 saturated carbocycles. The minimum atomic E-state index is 0.507. The lowest BCUT2D eigenvalue weighted by molar-refractivity contribution is 0.111. The van der Waals surface area contributed by atoms with Gasteiger partial charge in [-0.05, 0) is 29.8 Å². The normalized spacial score (nSPS) is 10.8. The second-order valence-corrected chi connectivity index (χ2v) is 5.09. The van der Waals surface area contributed by atoms with Crippen LogP contribution in [0.4, 0.5) is 0 Å². The molecule has 0 radical (unpaired) electrons. The van der Waals surface area contributed by atoms with Crippen LogP contribution in [-0.4, -0.2) is 20.9 Å². The fourth-order valence-corrected chi connectivity index (χ4v) is 2.18. The van der Waals surface area contributed by atoms with Gasteiger partial charge >= 0.3 is 0 Å². The zero-order chi connectivity index (χ0) is 13.2. The molecule has 0 spiro atoms. The molecule has 0 saturated heterocycles. The van der Waals surface area contributed by atoms with Gasteiger partial charge in [-0.3, -0.25) is 4.79 Å². The molecule has 3 aromatic rings. The van der Waals surface area contributed by atoms with Crippen molar-refractivity contribution in [2.45, 2.75) is 6.42 Å². The summed E-state index contributed by atoms with van der Waals surface area (Å²) in [5, 5.41) is 4.36. The molecule has 94 valence electrons. The maximum atomic E-state index is 10.9. The van der Waals surface area contributed by atoms with E-state index in [1.54, 1.807) is 16.6 Å². The van der Waals surface area contributed by atoms with Crippen molar-refractivity contribution in [2.75, 3.05) is 0 Å². The van der Waals surface area contributed by atoms with Crippen LogP contribution in [0, 0.1) is 0 Å². The van der Waals surface area contributed by atoms with Gasteiger partial charge in [0, 0.05) is 10.9 Å². The Labute approximate surface area is 118 Å². The number of rotatable bonds is 3. The van der Waals surface area contributed by atoms with Gasteiger partial charge in [-0.25, -0.2) is 9.50 Å². The standard InChI is InChI=1S/C14H10BrN3O/c15-11-6-4-10(5-7-11)8-13-16-14-3-1-2-12(9-19)18(14)17-13/h1-7,9H,8H2. The minimum Gasteiger partial charge on any atom is -0.296 e. The van der Waals surface area contributed by atoms with E-state index >= 15 is 0 Å². The van der Waals surface area contributed by atoms with Crippen molar-refractivity contribution in [1.29, 1.82) is 0 Å². The van der Waals surface area contributed by atoms with E-state index in [0.29, 0.717) is 23.6 Å². The van der Waals surface area contributed by atoms with Gasteiger partial charge in [-0.1, -0.05) is 34.1 Å². The zero-order valence-electron chi connectivity index (χ0n) is 9.95. The Morgan fingerprint density at radius 1 is 1.16 bits per heavy atom. The maximum absolute atomic E-state index is 10.9. The summed E-state index contributed by atoms with van der Waals surface area (Å²) in [4.78, 5) is 15.4. The second kappa shape index (κ2) is 4.93. The molecule has 0 unspecified atom stereocenters. The SMILES string of the molecule is O=Cc1cccc2nc(Cc3ccc(Br)cc3)nn12. The Hall–Kier alpha value is -2.01. The summed E-state index contributed by atoms with van der Waals surface area (Å²) in [6.45, 7) is 0. The van der Waals surface area contributed by atoms with E-state index in [-0.39, 0.29) is 0 Å². The van der Waals surface area contributed by atoms with E-state index < -0.39 is 0 Å². The molecule has 0 bridgehead atoms. The molecule has 0 fully saturated rings. The van der Waals surface area contributed by atoms with Crippen molar-refractivity contribution >= 4 is 27.9 Å². The highest BCUT2D eigenvalue weighted by atomic mass is 79.9. The Balaban J connectivity index is 1.97. The molecule has 19 heavy (non-hydrogen) atoms. The molecule has 2 aromatic heterocycles. The monoisotopic (exact) mass is 315 g/mol. The van der Waals surface area contributed by atoms with Crippen molar-refractivity contribution in [1.82, 2.24) is 14.6 Å². The first-order valence-corrected chi connectivity index (χ1v) is 6.60. The third kappa shape index (κ3) is 2.42. The second-order valence-electron chi connectivity index (χ2n) is 4.17. The molecule has 0 amide bonds. The Kier molecular flexibility index (Phi) is 3.13. The van der Waals surface area contributed by atoms with E-state index in [2.05, 4.69) is 26.0 Å². The molecule has 0 aliphatic rings. The number of hydrogen-bond acceptors (Lipinski definition) is 3. The smallest absolute Gasteiger partial charge is 0.168 e. The van der Waals surface area contributed by atoms with Crippen LogP contribution in [0.2, 0.25) is 0 Å². The number of carbonyl (C=O) groups excluding carboxylic acids is 1. The van der Waals surface area contributed by atoms with Crippen LogP contribution in [0.25, 0.3) is 5.65 Å². The number of carbonyl (C=O) groups is 1. The van der Waals surface area contributed by atoms with Gasteiger partial charge < -0.3 is 0 Å². The molecule has 5 heteroatoms. The van der Waals surface area contributed by atoms with Gasteiger partial charge in [0.25, 0.3) is 0 Å². The molecule has 3 rings (SSSR count). The first-order valence-electron chi connectivity index (χ1n) is 5.80. The van der Waals surface area contributed by atoms with Crippen molar-refractivity contribution in [3.63, 3.8) is 0 Å². The quantitative estimate of drug-likeness (QED) is 0.698. The zero-order valence-corrected chi connectivity index (χ0v) is 11.5. The van der Waals surface area contributed by atoms with Gasteiger partial charge in [0.2, 0.25) is 0 Å². The topological polar surface area (TPSA) is 47.3 Å². The number of fused-ring (bicyclic) bond motifs is 1. The molecule has 1 aromatic carbocycles. The number of halogens is 1. The van der Waals surface area contributed by atoms with Gasteiger partial charge in [0.05, 0.1) is 0 Å². The maximum Gasteiger partial charge on any atom is 0.168 e. The third-order valence-electron chi connectivity index (χ3n) is 2.83. The van der Waals surface area contributed by atoms with Crippen LogP contribution in [-0.2, 0) is 6.42 Å². The average molecular weight is 316 g/mol. The summed E-state index contributed by atoms with van der Waals surface area (Å²) >= 11 is 3.40. The fourth-order valence-electron chi connectivity index (χ4n) is 1.92. The van der Waals surface area contributed by atoms with E-state index in [4.69, 9.17) is 0 Å². The Morgan fingerprint density at radius 3 is 2.68 bits per heavy atom. The first kappa shape index (κ1) is 12.0. The predicted octanol–water partition coefficient (Wildman–Crippen LogP) is 2.90. The summed E-state index contributed by atoms with van der Waals surface area (Å²) < 4.78 is 2.61. The third-order valence-corrected chi connectivity index (χ3v) is 3.36. The highest BCUT2D eigenvalue weighted by molar-refractivity contribution is 9.10. The van der Waals surface area contributed by atoms with E-state index in [9.17, 15) is 4.79 Å². The Morgan fingerprint density at radius 2 is 1.95 bits per heavy atom. The molecule has 0 atom stereocenters. The predicted molar refractivity (Wildman–Crippen MR) is 75.3 cm³/mol. The van der Waals surface area contributed by atoms with Crippen LogP contribution >= 0.6 is 15.9 Å². The van der Waals surface area contributed by atoms with Crippen molar-refractivity contribution < 1.29 is 4.79 Å². The number of nitrogens with zero attached hydrogens (tertiary/aromatic N) is 3. The van der Waals surface area contributed by atoms with Crippen LogP contribution < -0.4 is 0 Å². The van der Waals surface area contributed by atoms with Gasteiger partial charge in [-0.2, -0.15) is 5.10 Å². The van der Waals surface area contributed by atoms with Crippen LogP contribution in [0.1, 0.15) is 21.9 Å². The summed E-state index contributed by atoms with van der Waals surface area (Å²) in [6, 6.07) is 13.4. The summed E-state index contributed by atoms with van der Waals surface area (Å²) in [5.74, 6) is 0.705. The number of benzene rings is 1. The summed E-state index contributed by atoms with van der Waals surface area (Å²) in [6.07, 6.45) is 1.43. The van der Waals surface area contributed by atoms with Crippen LogP contribution in [0.5, 0.6) is 0 Å². The highest BCUT2D eigenvalue weighted by Gasteiger charge is 2.07. The fraction of sp³-hybridized carbons (Fsp3) is 0.0714. The van der Waals surface area contributed by atoms with E-state index in [1.807, 2.05) is 30.3 Å². The highest BCUT2D eigenvalue weighted by Crippen LogP contribution is 2.13. The number of aldehydes is 1. The lowest BCUT2D eigenvalue weighted by Crippen LogP contribution is -1.97. The molecule has 2 heterocycles. The van der Waals surface area contributed by atoms with E-state index in [1.165, 1.54) is 0 Å².